The van der Waals surface area contributed by atoms with E-state index in [1.165, 1.54) is 14.0 Å². The Kier molecular flexibility index (Phi) is 2.68. The summed E-state index contributed by atoms with van der Waals surface area (Å²) in [4.78, 5) is 0. The van der Waals surface area contributed by atoms with Crippen LogP contribution >= 0.6 is 0 Å². The molecule has 1 aromatic carbocycles. The van der Waals surface area contributed by atoms with Gasteiger partial charge in [-0.15, -0.1) is 0 Å². The molecule has 16 heavy (non-hydrogen) atoms. The Balaban J connectivity index is 2.54. The van der Waals surface area contributed by atoms with E-state index in [9.17, 15) is 8.78 Å². The maximum Gasteiger partial charge on any atom is 0.263 e. The van der Waals surface area contributed by atoms with Gasteiger partial charge in [0.1, 0.15) is 16.9 Å². The molecule has 0 radical (unpaired) electrons. The lowest BCUT2D eigenvalue weighted by Crippen LogP contribution is -2.43. The number of benzene rings is 1. The van der Waals surface area contributed by atoms with Gasteiger partial charge in [-0.25, -0.2) is 8.78 Å². The van der Waals surface area contributed by atoms with Crippen LogP contribution < -0.4 is 5.32 Å². The van der Waals surface area contributed by atoms with Crippen LogP contribution in [0.4, 0.5) is 8.78 Å². The first kappa shape index (κ1) is 11.1. The Morgan fingerprint density at radius 2 is 2.00 bits per heavy atom. The van der Waals surface area contributed by atoms with E-state index in [0.717, 1.165) is 5.39 Å². The first-order valence-corrected chi connectivity index (χ1v) is 5.04. The summed E-state index contributed by atoms with van der Waals surface area (Å²) in [6.45, 7) is 1.43. The van der Waals surface area contributed by atoms with E-state index in [2.05, 4.69) is 5.32 Å². The molecule has 4 heteroatoms. The average molecular weight is 225 g/mol. The Labute approximate surface area is 92.2 Å². The zero-order valence-electron chi connectivity index (χ0n) is 9.13. The lowest BCUT2D eigenvalue weighted by atomic mass is 10.00. The number of hydrogen-bond donors (Lipinski definition) is 1. The number of furan rings is 1. The van der Waals surface area contributed by atoms with Gasteiger partial charge < -0.3 is 9.73 Å². The molecule has 0 saturated carbocycles. The topological polar surface area (TPSA) is 25.2 Å². The van der Waals surface area contributed by atoms with Gasteiger partial charge in [-0.05, 0) is 26.1 Å². The fraction of sp³-hybridized carbons (Fsp3) is 0.333. The molecule has 0 saturated heterocycles. The molecule has 2 rings (SSSR count). The van der Waals surface area contributed by atoms with E-state index in [1.54, 1.807) is 12.1 Å². The number of halogens is 2. The van der Waals surface area contributed by atoms with Crippen LogP contribution in [0.5, 0.6) is 0 Å². The van der Waals surface area contributed by atoms with E-state index in [4.69, 9.17) is 4.42 Å². The second-order valence-corrected chi connectivity index (χ2v) is 3.90. The molecule has 1 atom stereocenters. The lowest BCUT2D eigenvalue weighted by Gasteiger charge is -2.25. The molecule has 2 nitrogen and oxygen atoms in total. The molecular weight excluding hydrogens is 212 g/mol. The third-order valence-corrected chi connectivity index (χ3v) is 2.89. The average Bonchev–Trinajstić information content (AvgIpc) is 2.71. The fourth-order valence-electron chi connectivity index (χ4n) is 1.58. The summed E-state index contributed by atoms with van der Waals surface area (Å²) in [5.74, 6) is 0.256. The summed E-state index contributed by atoms with van der Waals surface area (Å²) in [5.41, 5.74) is -0.821. The highest BCUT2D eigenvalue weighted by atomic mass is 19.3. The minimum absolute atomic E-state index is 0.256. The first-order chi connectivity index (χ1) is 7.58. The molecule has 0 aliphatic rings. The van der Waals surface area contributed by atoms with Crippen molar-refractivity contribution in [3.63, 3.8) is 0 Å². The maximum atomic E-state index is 13.0. The van der Waals surface area contributed by atoms with Crippen molar-refractivity contribution in [3.05, 3.63) is 36.1 Å². The molecule has 0 fully saturated rings. The second kappa shape index (κ2) is 3.87. The monoisotopic (exact) mass is 225 g/mol. The molecule has 0 spiro atoms. The smallest absolute Gasteiger partial charge is 0.263 e. The van der Waals surface area contributed by atoms with E-state index in [-0.39, 0.29) is 5.76 Å². The molecule has 0 aliphatic heterocycles. The summed E-state index contributed by atoms with van der Waals surface area (Å²) >= 11 is 0. The third kappa shape index (κ3) is 1.59. The van der Waals surface area contributed by atoms with Crippen molar-refractivity contribution >= 4 is 11.0 Å². The van der Waals surface area contributed by atoms with Gasteiger partial charge in [0.05, 0.1) is 0 Å². The number of hydrogen-bond acceptors (Lipinski definition) is 2. The summed E-state index contributed by atoms with van der Waals surface area (Å²) in [6.07, 6.45) is -2.53. The van der Waals surface area contributed by atoms with Gasteiger partial charge in [-0.1, -0.05) is 18.2 Å². The van der Waals surface area contributed by atoms with E-state index >= 15 is 0 Å². The van der Waals surface area contributed by atoms with E-state index < -0.39 is 12.0 Å². The predicted octanol–water partition coefficient (Wildman–Crippen LogP) is 3.13. The first-order valence-electron chi connectivity index (χ1n) is 5.04. The van der Waals surface area contributed by atoms with Crippen molar-refractivity contribution in [2.45, 2.75) is 18.9 Å². The van der Waals surface area contributed by atoms with Crippen LogP contribution in [-0.2, 0) is 5.54 Å². The number of rotatable bonds is 3. The van der Waals surface area contributed by atoms with Crippen LogP contribution in [-0.4, -0.2) is 13.5 Å². The number of nitrogens with one attached hydrogen (secondary N) is 1. The van der Waals surface area contributed by atoms with Crippen molar-refractivity contribution < 1.29 is 13.2 Å². The number of para-hydroxylation sites is 1. The largest absolute Gasteiger partial charge is 0.459 e. The molecule has 1 heterocycles. The minimum Gasteiger partial charge on any atom is -0.459 e. The zero-order chi connectivity index (χ0) is 11.8. The zero-order valence-corrected chi connectivity index (χ0v) is 9.13. The molecule has 0 bridgehead atoms. The van der Waals surface area contributed by atoms with Crippen LogP contribution in [0.3, 0.4) is 0 Å². The quantitative estimate of drug-likeness (QED) is 0.868. The van der Waals surface area contributed by atoms with Crippen molar-refractivity contribution in [2.75, 3.05) is 7.05 Å². The highest BCUT2D eigenvalue weighted by Crippen LogP contribution is 2.32. The lowest BCUT2D eigenvalue weighted by molar-refractivity contribution is 0.0313. The Hall–Kier alpha value is -1.42. The summed E-state index contributed by atoms with van der Waals surface area (Å²) in [5, 5.41) is 3.44. The molecule has 0 aliphatic carbocycles. The Bertz CT molecular complexity index is 461. The summed E-state index contributed by atoms with van der Waals surface area (Å²) in [6, 6.07) is 8.91. The number of fused-ring (bicyclic) bond motifs is 1. The van der Waals surface area contributed by atoms with Crippen LogP contribution in [0.1, 0.15) is 12.7 Å². The van der Waals surface area contributed by atoms with Crippen molar-refractivity contribution in [1.82, 2.24) is 5.32 Å². The SMILES string of the molecule is CNC(C)(c1cc2ccccc2o1)C(F)F. The molecule has 1 aromatic heterocycles. The van der Waals surface area contributed by atoms with Gasteiger partial charge in [0, 0.05) is 5.39 Å². The summed E-state index contributed by atoms with van der Waals surface area (Å²) in [7, 11) is 1.50. The maximum absolute atomic E-state index is 13.0. The van der Waals surface area contributed by atoms with Gasteiger partial charge in [0.2, 0.25) is 0 Å². The molecule has 2 aromatic rings. The molecule has 1 N–H and O–H groups in total. The van der Waals surface area contributed by atoms with Gasteiger partial charge in [0.15, 0.2) is 0 Å². The normalized spacial score (nSPS) is 15.6. The van der Waals surface area contributed by atoms with Crippen molar-refractivity contribution in [1.29, 1.82) is 0 Å². The van der Waals surface area contributed by atoms with Gasteiger partial charge in [-0.3, -0.25) is 0 Å². The molecule has 0 amide bonds. The van der Waals surface area contributed by atoms with E-state index in [0.29, 0.717) is 5.58 Å². The fourth-order valence-corrected chi connectivity index (χ4v) is 1.58. The van der Waals surface area contributed by atoms with Gasteiger partial charge >= 0.3 is 0 Å². The van der Waals surface area contributed by atoms with Crippen molar-refractivity contribution in [2.24, 2.45) is 0 Å². The van der Waals surface area contributed by atoms with Gasteiger partial charge in [-0.2, -0.15) is 0 Å². The van der Waals surface area contributed by atoms with Gasteiger partial charge in [0.25, 0.3) is 6.43 Å². The molecule has 1 unspecified atom stereocenters. The van der Waals surface area contributed by atoms with Crippen LogP contribution in [0.25, 0.3) is 11.0 Å². The molecule has 86 valence electrons. The highest BCUT2D eigenvalue weighted by molar-refractivity contribution is 5.78. The van der Waals surface area contributed by atoms with Crippen LogP contribution in [0.15, 0.2) is 34.7 Å². The van der Waals surface area contributed by atoms with E-state index in [1.807, 2.05) is 18.2 Å². The predicted molar refractivity (Wildman–Crippen MR) is 58.6 cm³/mol. The number of alkyl halides is 2. The second-order valence-electron chi connectivity index (χ2n) is 3.90. The van der Waals surface area contributed by atoms with Crippen molar-refractivity contribution in [3.8, 4) is 0 Å². The highest BCUT2D eigenvalue weighted by Gasteiger charge is 2.38. The van der Waals surface area contributed by atoms with Crippen LogP contribution in [0.2, 0.25) is 0 Å². The summed E-state index contributed by atoms with van der Waals surface area (Å²) < 4.78 is 31.4. The minimum atomic E-state index is -2.53. The standard InChI is InChI=1S/C12H13F2NO/c1-12(15-2,11(13)14)10-7-8-5-3-4-6-9(8)16-10/h3-7,11,15H,1-2H3. The van der Waals surface area contributed by atoms with Crippen LogP contribution in [0, 0.1) is 0 Å². The third-order valence-electron chi connectivity index (χ3n) is 2.89. The Morgan fingerprint density at radius 3 is 2.56 bits per heavy atom. The molecular formula is C12H13F2NO. The Morgan fingerprint density at radius 1 is 1.31 bits per heavy atom.